The van der Waals surface area contributed by atoms with Gasteiger partial charge in [-0.3, -0.25) is 9.59 Å². The quantitative estimate of drug-likeness (QED) is 0.786. The maximum absolute atomic E-state index is 12.3. The summed E-state index contributed by atoms with van der Waals surface area (Å²) in [4.78, 5) is 22.9. The third kappa shape index (κ3) is 3.19. The van der Waals surface area contributed by atoms with Crippen LogP contribution in [0.25, 0.3) is 0 Å². The molecule has 7 heteroatoms. The minimum absolute atomic E-state index is 0.194. The monoisotopic (exact) mass is 281 g/mol. The van der Waals surface area contributed by atoms with Crippen molar-refractivity contribution < 1.29 is 27.5 Å². The highest BCUT2D eigenvalue weighted by Crippen LogP contribution is 2.40. The Balaban J connectivity index is 2.91. The van der Waals surface area contributed by atoms with Crippen molar-refractivity contribution in [3.05, 3.63) is 0 Å². The van der Waals surface area contributed by atoms with Gasteiger partial charge in [-0.1, -0.05) is 26.7 Å². The lowest BCUT2D eigenvalue weighted by Crippen LogP contribution is -2.52. The first-order valence-corrected chi connectivity index (χ1v) is 6.32. The van der Waals surface area contributed by atoms with Crippen molar-refractivity contribution >= 4 is 11.9 Å². The summed E-state index contributed by atoms with van der Waals surface area (Å²) in [5.41, 5.74) is -1.02. The SMILES string of the molecule is CCCC1(CCC)C(=O)OC[C@@H]1NC(=O)C(F)(F)F. The molecule has 0 bridgehead atoms. The van der Waals surface area contributed by atoms with Crippen LogP contribution in [0.5, 0.6) is 0 Å². The summed E-state index contributed by atoms with van der Waals surface area (Å²) in [6, 6.07) is -0.908. The standard InChI is InChI=1S/C12H18F3NO3/c1-3-5-11(6-4-2)8(7-19-10(11)18)16-9(17)12(13,14)15/h8H,3-7H2,1-2H3,(H,16,17)/t8-/m0/s1. The van der Waals surface area contributed by atoms with E-state index in [1.165, 1.54) is 0 Å². The molecule has 1 N–H and O–H groups in total. The zero-order valence-corrected chi connectivity index (χ0v) is 11.0. The smallest absolute Gasteiger partial charge is 0.463 e. The van der Waals surface area contributed by atoms with Crippen LogP contribution in [0.3, 0.4) is 0 Å². The number of cyclic esters (lactones) is 1. The number of alkyl halides is 3. The van der Waals surface area contributed by atoms with E-state index in [9.17, 15) is 22.8 Å². The minimum atomic E-state index is -4.95. The average Bonchev–Trinajstić information content (AvgIpc) is 2.58. The normalized spacial score (nSPS) is 22.2. The molecule has 0 unspecified atom stereocenters. The number of halogens is 3. The van der Waals surface area contributed by atoms with Crippen LogP contribution in [-0.4, -0.2) is 30.7 Å². The fraction of sp³-hybridized carbons (Fsp3) is 0.833. The molecule has 0 saturated carbocycles. The Hall–Kier alpha value is -1.27. The van der Waals surface area contributed by atoms with Crippen molar-refractivity contribution in [1.82, 2.24) is 5.32 Å². The molecule has 110 valence electrons. The van der Waals surface area contributed by atoms with Crippen LogP contribution < -0.4 is 5.32 Å². The van der Waals surface area contributed by atoms with E-state index < -0.39 is 29.5 Å². The van der Waals surface area contributed by atoms with Crippen molar-refractivity contribution in [2.75, 3.05) is 6.61 Å². The molecule has 4 nitrogen and oxygen atoms in total. The topological polar surface area (TPSA) is 55.4 Å². The third-order valence-corrected chi connectivity index (χ3v) is 3.41. The van der Waals surface area contributed by atoms with Crippen molar-refractivity contribution in [3.8, 4) is 0 Å². The van der Waals surface area contributed by atoms with Gasteiger partial charge in [0.15, 0.2) is 0 Å². The number of esters is 1. The van der Waals surface area contributed by atoms with E-state index in [0.29, 0.717) is 25.7 Å². The summed E-state index contributed by atoms with van der Waals surface area (Å²) in [5.74, 6) is -2.53. The largest absolute Gasteiger partial charge is 0.471 e. The van der Waals surface area contributed by atoms with Crippen molar-refractivity contribution in [1.29, 1.82) is 0 Å². The van der Waals surface area contributed by atoms with Crippen molar-refractivity contribution in [2.24, 2.45) is 5.41 Å². The molecule has 0 aliphatic carbocycles. The Labute approximate surface area is 109 Å². The van der Waals surface area contributed by atoms with E-state index in [1.807, 2.05) is 19.2 Å². The average molecular weight is 281 g/mol. The lowest BCUT2D eigenvalue weighted by atomic mass is 9.74. The first kappa shape index (κ1) is 15.8. The van der Waals surface area contributed by atoms with Gasteiger partial charge in [-0.05, 0) is 12.8 Å². The van der Waals surface area contributed by atoms with Gasteiger partial charge in [0.2, 0.25) is 0 Å². The van der Waals surface area contributed by atoms with Crippen LogP contribution in [0.2, 0.25) is 0 Å². The van der Waals surface area contributed by atoms with Crippen LogP contribution in [0.1, 0.15) is 39.5 Å². The van der Waals surface area contributed by atoms with E-state index in [0.717, 1.165) is 0 Å². The molecule has 0 aromatic carbocycles. The van der Waals surface area contributed by atoms with Gasteiger partial charge in [0.1, 0.15) is 6.61 Å². The van der Waals surface area contributed by atoms with E-state index in [-0.39, 0.29) is 6.61 Å². The lowest BCUT2D eigenvalue weighted by Gasteiger charge is -2.31. The first-order valence-electron chi connectivity index (χ1n) is 6.32. The van der Waals surface area contributed by atoms with Gasteiger partial charge in [-0.25, -0.2) is 0 Å². The molecule has 1 rings (SSSR count). The molecule has 0 radical (unpaired) electrons. The number of hydrogen-bond donors (Lipinski definition) is 1. The van der Waals surface area contributed by atoms with Crippen LogP contribution in [0.15, 0.2) is 0 Å². The maximum Gasteiger partial charge on any atom is 0.471 e. The molecule has 1 amide bonds. The number of ether oxygens (including phenoxy) is 1. The Morgan fingerprint density at radius 1 is 1.37 bits per heavy atom. The second-order valence-electron chi connectivity index (χ2n) is 4.78. The third-order valence-electron chi connectivity index (χ3n) is 3.41. The number of amides is 1. The van der Waals surface area contributed by atoms with Crippen LogP contribution in [0.4, 0.5) is 13.2 Å². The van der Waals surface area contributed by atoms with Gasteiger partial charge in [-0.15, -0.1) is 0 Å². The predicted octanol–water partition coefficient (Wildman–Crippen LogP) is 2.18. The van der Waals surface area contributed by atoms with E-state index in [4.69, 9.17) is 4.74 Å². The number of rotatable bonds is 5. The molecule has 1 fully saturated rings. The fourth-order valence-corrected chi connectivity index (χ4v) is 2.59. The second kappa shape index (κ2) is 5.79. The van der Waals surface area contributed by atoms with Gasteiger partial charge in [0.05, 0.1) is 11.5 Å². The molecule has 1 heterocycles. The highest BCUT2D eigenvalue weighted by Gasteiger charge is 2.53. The molecular weight excluding hydrogens is 263 g/mol. The summed E-state index contributed by atoms with van der Waals surface area (Å²) in [5, 5.41) is 1.90. The number of carbonyl (C=O) groups is 2. The van der Waals surface area contributed by atoms with E-state index in [2.05, 4.69) is 0 Å². The molecule has 1 aliphatic heterocycles. The van der Waals surface area contributed by atoms with Crippen molar-refractivity contribution in [3.63, 3.8) is 0 Å². The first-order chi connectivity index (χ1) is 8.78. The summed E-state index contributed by atoms with van der Waals surface area (Å²) < 4.78 is 41.7. The zero-order chi connectivity index (χ0) is 14.7. The van der Waals surface area contributed by atoms with Gasteiger partial charge in [0, 0.05) is 0 Å². The van der Waals surface area contributed by atoms with Crippen LogP contribution in [-0.2, 0) is 14.3 Å². The molecular formula is C12H18F3NO3. The Morgan fingerprint density at radius 3 is 2.32 bits per heavy atom. The Bertz CT molecular complexity index is 349. The molecule has 0 spiro atoms. The summed E-state index contributed by atoms with van der Waals surface area (Å²) in [6.07, 6.45) is -2.87. The molecule has 0 aromatic heterocycles. The number of nitrogens with one attached hydrogen (secondary N) is 1. The molecule has 1 saturated heterocycles. The fourth-order valence-electron chi connectivity index (χ4n) is 2.59. The van der Waals surface area contributed by atoms with E-state index >= 15 is 0 Å². The van der Waals surface area contributed by atoms with Gasteiger partial charge in [-0.2, -0.15) is 13.2 Å². The summed E-state index contributed by atoms with van der Waals surface area (Å²) >= 11 is 0. The molecule has 1 atom stereocenters. The second-order valence-corrected chi connectivity index (χ2v) is 4.78. The summed E-state index contributed by atoms with van der Waals surface area (Å²) in [6.45, 7) is 3.48. The number of carbonyl (C=O) groups excluding carboxylic acids is 2. The lowest BCUT2D eigenvalue weighted by molar-refractivity contribution is -0.175. The number of hydrogen-bond acceptors (Lipinski definition) is 3. The van der Waals surface area contributed by atoms with Gasteiger partial charge >= 0.3 is 18.1 Å². The van der Waals surface area contributed by atoms with Crippen LogP contribution in [0, 0.1) is 5.41 Å². The minimum Gasteiger partial charge on any atom is -0.463 e. The Kier molecular flexibility index (Phi) is 4.81. The highest BCUT2D eigenvalue weighted by molar-refractivity contribution is 5.85. The maximum atomic E-state index is 12.3. The Morgan fingerprint density at radius 2 is 1.89 bits per heavy atom. The highest BCUT2D eigenvalue weighted by atomic mass is 19.4. The van der Waals surface area contributed by atoms with Crippen molar-refractivity contribution in [2.45, 2.75) is 51.7 Å². The zero-order valence-electron chi connectivity index (χ0n) is 11.0. The molecule has 1 aliphatic rings. The van der Waals surface area contributed by atoms with Crippen LogP contribution >= 0.6 is 0 Å². The predicted molar refractivity (Wildman–Crippen MR) is 61.2 cm³/mol. The summed E-state index contributed by atoms with van der Waals surface area (Å²) in [7, 11) is 0. The van der Waals surface area contributed by atoms with Gasteiger partial charge in [0.25, 0.3) is 0 Å². The molecule has 19 heavy (non-hydrogen) atoms. The van der Waals surface area contributed by atoms with Gasteiger partial charge < -0.3 is 10.1 Å². The van der Waals surface area contributed by atoms with E-state index in [1.54, 1.807) is 0 Å². The molecule has 0 aromatic rings.